The Morgan fingerprint density at radius 2 is 1.74 bits per heavy atom. The number of pyridine rings is 2. The van der Waals surface area contributed by atoms with Crippen LogP contribution in [-0.2, 0) is 26.4 Å². The molecule has 2 aromatic heterocycles. The Balaban J connectivity index is 0.00000204. The third-order valence-electron chi connectivity index (χ3n) is 5.59. The minimum atomic E-state index is -0.00486. The van der Waals surface area contributed by atoms with Crippen molar-refractivity contribution in [3.05, 3.63) is 106 Å². The van der Waals surface area contributed by atoms with Crippen molar-refractivity contribution in [2.75, 3.05) is 13.2 Å². The van der Waals surface area contributed by atoms with Crippen LogP contribution in [-0.4, -0.2) is 22.7 Å². The van der Waals surface area contributed by atoms with Crippen LogP contribution in [0, 0.1) is 0 Å². The zero-order valence-electron chi connectivity index (χ0n) is 19.3. The van der Waals surface area contributed by atoms with E-state index in [-0.39, 0.29) is 30.4 Å². The Hall–Kier alpha value is -2.86. The van der Waals surface area contributed by atoms with E-state index < -0.39 is 0 Å². The van der Waals surface area contributed by atoms with Crippen LogP contribution in [0.5, 0.6) is 5.75 Å². The summed E-state index contributed by atoms with van der Waals surface area (Å²) in [4.78, 5) is 16.2. The number of ether oxygens (including phenoxy) is 1. The van der Waals surface area contributed by atoms with Crippen molar-refractivity contribution in [3.63, 3.8) is 0 Å². The molecule has 180 valence electrons. The zero-order valence-corrected chi connectivity index (χ0v) is 20.9. The molecule has 0 saturated carbocycles. The van der Waals surface area contributed by atoms with Crippen LogP contribution in [0.4, 0.5) is 0 Å². The van der Waals surface area contributed by atoms with Crippen LogP contribution in [0.25, 0.3) is 10.9 Å². The molecule has 4 rings (SSSR count). The number of rotatable bonds is 10. The first-order valence-electron chi connectivity index (χ1n) is 11.1. The number of hydrogen-bond donors (Lipinski definition) is 1. The second-order valence-corrected chi connectivity index (χ2v) is 7.97. The quantitative estimate of drug-likeness (QED) is 0.307. The summed E-state index contributed by atoms with van der Waals surface area (Å²) >= 11 is 0. The molecule has 0 radical (unpaired) electrons. The molecule has 2 aromatic carbocycles. The summed E-state index contributed by atoms with van der Waals surface area (Å²) in [5.74, 6) is 0.827. The maximum atomic E-state index is 11.7. The highest BCUT2D eigenvalue weighted by Crippen LogP contribution is 2.19. The molecule has 2 heterocycles. The second-order valence-electron chi connectivity index (χ2n) is 7.97. The Morgan fingerprint density at radius 1 is 0.912 bits per heavy atom. The molecule has 4 aromatic rings. The van der Waals surface area contributed by atoms with E-state index in [4.69, 9.17) is 4.74 Å². The smallest absolute Gasteiger partial charge is 0.250 e. The molecule has 1 N–H and O–H groups in total. The number of nitrogens with one attached hydrogen (secondary N) is 1. The van der Waals surface area contributed by atoms with E-state index in [9.17, 15) is 4.79 Å². The first kappa shape index (κ1) is 27.4. The highest BCUT2D eigenvalue weighted by atomic mass is 35.5. The van der Waals surface area contributed by atoms with Gasteiger partial charge < -0.3 is 14.6 Å². The highest BCUT2D eigenvalue weighted by Gasteiger charge is 2.02. The zero-order chi connectivity index (χ0) is 22.2. The fourth-order valence-corrected chi connectivity index (χ4v) is 3.76. The average Bonchev–Trinajstić information content (AvgIpc) is 2.83. The molecule has 0 unspecified atom stereocenters. The SMILES string of the molecule is Cl.Cl.Cn1c(=O)ccc2cc(OCCCNCc3ccnc(CCc4ccccc4)c3)ccc21. The molecular formula is C27H31Cl2N3O2. The lowest BCUT2D eigenvalue weighted by Gasteiger charge is -2.10. The summed E-state index contributed by atoms with van der Waals surface area (Å²) in [5.41, 5.74) is 4.63. The molecular weight excluding hydrogens is 469 g/mol. The van der Waals surface area contributed by atoms with E-state index in [1.54, 1.807) is 17.7 Å². The molecule has 0 spiro atoms. The predicted molar refractivity (Wildman–Crippen MR) is 144 cm³/mol. The van der Waals surface area contributed by atoms with Crippen molar-refractivity contribution in [1.82, 2.24) is 14.9 Å². The molecule has 0 fully saturated rings. The summed E-state index contributed by atoms with van der Waals surface area (Å²) in [6.07, 6.45) is 4.77. The van der Waals surface area contributed by atoms with Crippen LogP contribution in [0.3, 0.4) is 0 Å². The molecule has 5 nitrogen and oxygen atoms in total. The second kappa shape index (κ2) is 13.8. The standard InChI is InChI=1S/C27H29N3O2.2ClH/c1-30-26-12-11-25(19-23(26)9-13-27(30)31)32-17-5-15-28-20-22-14-16-29-24(18-22)10-8-21-6-3-2-4-7-21;;/h2-4,6-7,9,11-14,16,18-19,28H,5,8,10,15,17,20H2,1H3;2*1H. The molecule has 7 heteroatoms. The highest BCUT2D eigenvalue weighted by molar-refractivity contribution is 5.85. The Kier molecular flexibility index (Phi) is 11.1. The van der Waals surface area contributed by atoms with Gasteiger partial charge in [-0.05, 0) is 73.3 Å². The van der Waals surface area contributed by atoms with E-state index in [1.165, 1.54) is 11.1 Å². The van der Waals surface area contributed by atoms with Gasteiger partial charge in [-0.2, -0.15) is 0 Å². The molecule has 0 saturated heterocycles. The third-order valence-corrected chi connectivity index (χ3v) is 5.59. The molecule has 0 bridgehead atoms. The van der Waals surface area contributed by atoms with E-state index >= 15 is 0 Å². The summed E-state index contributed by atoms with van der Waals surface area (Å²) in [6.45, 7) is 2.34. The molecule has 0 atom stereocenters. The maximum Gasteiger partial charge on any atom is 0.250 e. The van der Waals surface area contributed by atoms with Gasteiger partial charge in [-0.1, -0.05) is 30.3 Å². The summed E-state index contributed by atoms with van der Waals surface area (Å²) in [5, 5.41) is 4.49. The van der Waals surface area contributed by atoms with Gasteiger partial charge in [0.1, 0.15) is 5.75 Å². The topological polar surface area (TPSA) is 56.1 Å². The van der Waals surface area contributed by atoms with Crippen LogP contribution < -0.4 is 15.6 Å². The van der Waals surface area contributed by atoms with Crippen LogP contribution in [0.1, 0.15) is 23.2 Å². The van der Waals surface area contributed by atoms with E-state index in [1.807, 2.05) is 36.5 Å². The largest absolute Gasteiger partial charge is 0.494 e. The van der Waals surface area contributed by atoms with Gasteiger partial charge in [-0.25, -0.2) is 0 Å². The van der Waals surface area contributed by atoms with Gasteiger partial charge in [-0.15, -0.1) is 24.8 Å². The van der Waals surface area contributed by atoms with Crippen molar-refractivity contribution in [2.45, 2.75) is 25.8 Å². The van der Waals surface area contributed by atoms with Crippen LogP contribution >= 0.6 is 24.8 Å². The van der Waals surface area contributed by atoms with Gasteiger partial charge in [0.15, 0.2) is 0 Å². The number of nitrogens with zero attached hydrogens (tertiary/aromatic N) is 2. The minimum Gasteiger partial charge on any atom is -0.494 e. The van der Waals surface area contributed by atoms with Crippen LogP contribution in [0.2, 0.25) is 0 Å². The van der Waals surface area contributed by atoms with E-state index in [2.05, 4.69) is 46.7 Å². The molecule has 0 aliphatic rings. The number of aryl methyl sites for hydroxylation is 3. The predicted octanol–water partition coefficient (Wildman–Crippen LogP) is 5.12. The van der Waals surface area contributed by atoms with Crippen molar-refractivity contribution >= 4 is 35.7 Å². The summed E-state index contributed by atoms with van der Waals surface area (Å²) in [7, 11) is 1.78. The van der Waals surface area contributed by atoms with Crippen LogP contribution in [0.15, 0.2) is 83.8 Å². The minimum absolute atomic E-state index is 0. The number of halogens is 2. The first-order valence-corrected chi connectivity index (χ1v) is 11.1. The summed E-state index contributed by atoms with van der Waals surface area (Å²) in [6, 6.07) is 24.0. The van der Waals surface area contributed by atoms with Gasteiger partial charge in [0, 0.05) is 36.9 Å². The van der Waals surface area contributed by atoms with Crippen molar-refractivity contribution in [3.8, 4) is 5.75 Å². The van der Waals surface area contributed by atoms with Crippen molar-refractivity contribution < 1.29 is 4.74 Å². The fraction of sp³-hybridized carbons (Fsp3) is 0.259. The molecule has 0 aliphatic heterocycles. The molecule has 0 amide bonds. The van der Waals surface area contributed by atoms with Gasteiger partial charge in [0.05, 0.1) is 12.1 Å². The fourth-order valence-electron chi connectivity index (χ4n) is 3.76. The van der Waals surface area contributed by atoms with Crippen molar-refractivity contribution in [2.24, 2.45) is 7.05 Å². The van der Waals surface area contributed by atoms with E-state index in [0.29, 0.717) is 6.61 Å². The lowest BCUT2D eigenvalue weighted by Crippen LogP contribution is -2.17. The number of benzene rings is 2. The lowest BCUT2D eigenvalue weighted by molar-refractivity contribution is 0.308. The van der Waals surface area contributed by atoms with Crippen molar-refractivity contribution in [1.29, 1.82) is 0 Å². The Morgan fingerprint density at radius 3 is 2.56 bits per heavy atom. The Bertz CT molecular complexity index is 1230. The Labute approximate surface area is 213 Å². The van der Waals surface area contributed by atoms with Gasteiger partial charge in [-0.3, -0.25) is 9.78 Å². The average molecular weight is 500 g/mol. The molecule has 0 aliphatic carbocycles. The maximum absolute atomic E-state index is 11.7. The number of fused-ring (bicyclic) bond motifs is 1. The third kappa shape index (κ3) is 7.59. The monoisotopic (exact) mass is 499 g/mol. The number of aromatic nitrogens is 2. The van der Waals surface area contributed by atoms with E-state index in [0.717, 1.165) is 54.7 Å². The van der Waals surface area contributed by atoms with Gasteiger partial charge in [0.25, 0.3) is 5.56 Å². The first-order chi connectivity index (χ1) is 15.7. The number of hydrogen-bond acceptors (Lipinski definition) is 4. The lowest BCUT2D eigenvalue weighted by atomic mass is 10.1. The molecule has 34 heavy (non-hydrogen) atoms. The van der Waals surface area contributed by atoms with Gasteiger partial charge >= 0.3 is 0 Å². The summed E-state index contributed by atoms with van der Waals surface area (Å²) < 4.78 is 7.54. The van der Waals surface area contributed by atoms with Gasteiger partial charge in [0.2, 0.25) is 0 Å². The normalized spacial score (nSPS) is 10.4.